The van der Waals surface area contributed by atoms with Gasteiger partial charge in [-0.2, -0.15) is 27.3 Å². The molecule has 3 heterocycles. The molecule has 3 rings (SSSR count). The van der Waals surface area contributed by atoms with Gasteiger partial charge in [-0.15, -0.1) is 4.40 Å². The third kappa shape index (κ3) is 3.55. The van der Waals surface area contributed by atoms with Gasteiger partial charge in [0.05, 0.1) is 33.1 Å². The fourth-order valence-corrected chi connectivity index (χ4v) is 4.52. The first kappa shape index (κ1) is 19.8. The van der Waals surface area contributed by atoms with E-state index < -0.39 is 21.0 Å². The SMILES string of the molecule is CCOC(=O)c1cnn(C)c1S(=O)(=O)/N=c1\nc2nc(OC)cc(OC)n2s1. The number of aromatic nitrogens is 5. The molecular weight excluding hydrogens is 412 g/mol. The van der Waals surface area contributed by atoms with Crippen LogP contribution in [0.4, 0.5) is 0 Å². The second-order valence-electron chi connectivity index (χ2n) is 5.19. The van der Waals surface area contributed by atoms with Crippen molar-refractivity contribution in [2.24, 2.45) is 11.4 Å². The summed E-state index contributed by atoms with van der Waals surface area (Å²) in [5, 5.41) is 3.43. The van der Waals surface area contributed by atoms with Gasteiger partial charge in [0.15, 0.2) is 5.03 Å². The predicted molar refractivity (Wildman–Crippen MR) is 95.9 cm³/mol. The third-order valence-electron chi connectivity index (χ3n) is 3.45. The largest absolute Gasteiger partial charge is 0.481 e. The van der Waals surface area contributed by atoms with Gasteiger partial charge in [0.1, 0.15) is 5.56 Å². The van der Waals surface area contributed by atoms with Crippen LogP contribution in [0.3, 0.4) is 0 Å². The summed E-state index contributed by atoms with van der Waals surface area (Å²) in [6, 6.07) is 1.52. The average molecular weight is 428 g/mol. The van der Waals surface area contributed by atoms with Gasteiger partial charge in [-0.05, 0) is 18.5 Å². The van der Waals surface area contributed by atoms with E-state index in [0.717, 1.165) is 22.4 Å². The van der Waals surface area contributed by atoms with E-state index in [1.807, 2.05) is 0 Å². The lowest BCUT2D eigenvalue weighted by Gasteiger charge is -2.03. The molecule has 0 N–H and O–H groups in total. The number of aryl methyl sites for hydroxylation is 1. The molecule has 0 spiro atoms. The molecule has 0 saturated heterocycles. The predicted octanol–water partition coefficient (Wildman–Crippen LogP) is 0.00780. The van der Waals surface area contributed by atoms with E-state index in [-0.39, 0.29) is 28.6 Å². The second kappa shape index (κ2) is 7.55. The Morgan fingerprint density at radius 1 is 1.29 bits per heavy atom. The standard InChI is InChI=1S/C14H16N6O6S2/c1-5-26-12(21)8-7-15-19(2)11(8)28(22,23)18-14-17-13-16-9(24-3)6-10(25-4)20(13)27-14/h6-7H,5H2,1-4H3/b18-14+. The summed E-state index contributed by atoms with van der Waals surface area (Å²) < 4.78 is 47.0. The first-order valence-electron chi connectivity index (χ1n) is 7.80. The van der Waals surface area contributed by atoms with E-state index in [1.165, 1.54) is 31.1 Å². The lowest BCUT2D eigenvalue weighted by Crippen LogP contribution is -2.15. The number of hydrogen-bond donors (Lipinski definition) is 0. The Kier molecular flexibility index (Phi) is 5.33. The van der Waals surface area contributed by atoms with Crippen molar-refractivity contribution in [1.29, 1.82) is 0 Å². The van der Waals surface area contributed by atoms with Gasteiger partial charge < -0.3 is 14.2 Å². The number of carbonyl (C=O) groups excluding carboxylic acids is 1. The molecule has 14 heteroatoms. The highest BCUT2D eigenvalue weighted by Crippen LogP contribution is 2.21. The first-order chi connectivity index (χ1) is 13.3. The van der Waals surface area contributed by atoms with E-state index in [4.69, 9.17) is 14.2 Å². The molecule has 0 saturated carbocycles. The Bertz CT molecular complexity index is 1210. The van der Waals surface area contributed by atoms with E-state index in [9.17, 15) is 13.2 Å². The van der Waals surface area contributed by atoms with Gasteiger partial charge in [-0.3, -0.25) is 4.68 Å². The van der Waals surface area contributed by atoms with E-state index in [2.05, 4.69) is 19.5 Å². The van der Waals surface area contributed by atoms with Crippen molar-refractivity contribution in [2.45, 2.75) is 11.9 Å². The van der Waals surface area contributed by atoms with Crippen molar-refractivity contribution in [2.75, 3.05) is 20.8 Å². The molecule has 0 amide bonds. The summed E-state index contributed by atoms with van der Waals surface area (Å²) in [5.74, 6) is -0.0828. The van der Waals surface area contributed by atoms with E-state index in [1.54, 1.807) is 6.92 Å². The molecule has 0 aliphatic carbocycles. The molecule has 28 heavy (non-hydrogen) atoms. The molecule has 0 aliphatic heterocycles. The number of ether oxygens (including phenoxy) is 3. The minimum Gasteiger partial charge on any atom is -0.481 e. The minimum absolute atomic E-state index is 0.0894. The fraction of sp³-hybridized carbons (Fsp3) is 0.357. The highest BCUT2D eigenvalue weighted by molar-refractivity contribution is 7.90. The van der Waals surface area contributed by atoms with Crippen molar-refractivity contribution in [3.8, 4) is 11.8 Å². The number of carbonyl (C=O) groups is 1. The summed E-state index contributed by atoms with van der Waals surface area (Å²) in [6.45, 7) is 1.70. The summed E-state index contributed by atoms with van der Waals surface area (Å²) >= 11 is 0.893. The molecule has 0 aromatic carbocycles. The molecule has 0 atom stereocenters. The number of rotatable bonds is 6. The maximum absolute atomic E-state index is 12.8. The molecule has 0 radical (unpaired) electrons. The summed E-state index contributed by atoms with van der Waals surface area (Å²) in [6.07, 6.45) is 1.11. The van der Waals surface area contributed by atoms with Crippen LogP contribution in [0.5, 0.6) is 11.8 Å². The molecule has 0 unspecified atom stereocenters. The molecule has 0 bridgehead atoms. The number of nitrogens with zero attached hydrogens (tertiary/aromatic N) is 6. The van der Waals surface area contributed by atoms with Crippen LogP contribution in [0, 0.1) is 0 Å². The Hall–Kier alpha value is -3.00. The third-order valence-corrected chi connectivity index (χ3v) is 5.82. The molecule has 3 aromatic rings. The van der Waals surface area contributed by atoms with Crippen LogP contribution in [0.2, 0.25) is 0 Å². The normalized spacial score (nSPS) is 12.4. The second-order valence-corrected chi connectivity index (χ2v) is 7.63. The monoisotopic (exact) mass is 428 g/mol. The van der Waals surface area contributed by atoms with Crippen LogP contribution in [0.1, 0.15) is 17.3 Å². The highest BCUT2D eigenvalue weighted by atomic mass is 32.2. The number of methoxy groups -OCH3 is 2. The number of sulfonamides is 1. The Morgan fingerprint density at radius 3 is 2.68 bits per heavy atom. The summed E-state index contributed by atoms with van der Waals surface area (Å²) in [5.41, 5.74) is -0.209. The van der Waals surface area contributed by atoms with Gasteiger partial charge in [0.2, 0.25) is 16.6 Å². The highest BCUT2D eigenvalue weighted by Gasteiger charge is 2.28. The Balaban J connectivity index is 2.16. The Morgan fingerprint density at radius 2 is 2.04 bits per heavy atom. The number of hydrogen-bond acceptors (Lipinski definition) is 10. The lowest BCUT2D eigenvalue weighted by molar-refractivity contribution is 0.0521. The zero-order chi connectivity index (χ0) is 20.5. The molecule has 0 aliphatic rings. The molecule has 3 aromatic heterocycles. The van der Waals surface area contributed by atoms with Gasteiger partial charge in [-0.1, -0.05) is 0 Å². The van der Waals surface area contributed by atoms with Crippen molar-refractivity contribution >= 4 is 33.3 Å². The van der Waals surface area contributed by atoms with Crippen molar-refractivity contribution in [3.05, 3.63) is 22.6 Å². The van der Waals surface area contributed by atoms with Gasteiger partial charge in [0, 0.05) is 7.05 Å². The fourth-order valence-electron chi connectivity index (χ4n) is 2.29. The minimum atomic E-state index is -4.32. The molecule has 12 nitrogen and oxygen atoms in total. The van der Waals surface area contributed by atoms with Crippen molar-refractivity contribution in [1.82, 2.24) is 23.5 Å². The summed E-state index contributed by atoms with van der Waals surface area (Å²) in [4.78, 5) is 20.1. The smallest absolute Gasteiger partial charge is 0.342 e. The van der Waals surface area contributed by atoms with Crippen LogP contribution in [0.25, 0.3) is 5.78 Å². The topological polar surface area (TPSA) is 139 Å². The first-order valence-corrected chi connectivity index (χ1v) is 10.0. The van der Waals surface area contributed by atoms with E-state index >= 15 is 0 Å². The molecular formula is C14H16N6O6S2. The van der Waals surface area contributed by atoms with Gasteiger partial charge >= 0.3 is 16.0 Å². The molecule has 0 fully saturated rings. The van der Waals surface area contributed by atoms with Crippen LogP contribution in [-0.2, 0) is 21.8 Å². The van der Waals surface area contributed by atoms with Gasteiger partial charge in [-0.25, -0.2) is 4.79 Å². The zero-order valence-corrected chi connectivity index (χ0v) is 16.9. The average Bonchev–Trinajstić information content (AvgIpc) is 3.23. The maximum Gasteiger partial charge on any atom is 0.342 e. The van der Waals surface area contributed by atoms with Crippen LogP contribution < -0.4 is 14.3 Å². The van der Waals surface area contributed by atoms with Crippen molar-refractivity contribution in [3.63, 3.8) is 0 Å². The molecule has 150 valence electrons. The number of fused-ring (bicyclic) bond motifs is 1. The zero-order valence-electron chi connectivity index (χ0n) is 15.3. The quantitative estimate of drug-likeness (QED) is 0.497. The lowest BCUT2D eigenvalue weighted by atomic mass is 10.4. The van der Waals surface area contributed by atoms with Crippen LogP contribution >= 0.6 is 11.5 Å². The van der Waals surface area contributed by atoms with Gasteiger partial charge in [0.25, 0.3) is 5.78 Å². The van der Waals surface area contributed by atoms with E-state index in [0.29, 0.717) is 5.88 Å². The van der Waals surface area contributed by atoms with Crippen LogP contribution in [-0.4, -0.2) is 58.8 Å². The Labute approximate surface area is 163 Å². The summed E-state index contributed by atoms with van der Waals surface area (Å²) in [7, 11) is -0.0651. The van der Waals surface area contributed by atoms with Crippen molar-refractivity contribution < 1.29 is 27.4 Å². The maximum atomic E-state index is 12.8. The van der Waals surface area contributed by atoms with Crippen LogP contribution in [0.15, 0.2) is 21.7 Å². The number of esters is 1.